The second-order valence-corrected chi connectivity index (χ2v) is 5.44. The van der Waals surface area contributed by atoms with Gasteiger partial charge in [-0.05, 0) is 36.8 Å². The standard InChI is InChI=1S/C18H21N3O2/c1-12-5-4-6-18-20-14(15(11-19)21(12)18)9-13-7-8-16(22-2)17(10-13)23-3/h4-8,10H,9,11,19H2,1-3H3. The maximum Gasteiger partial charge on any atom is 0.160 e. The van der Waals surface area contributed by atoms with Crippen molar-refractivity contribution in [2.24, 2.45) is 5.73 Å². The molecule has 3 aromatic rings. The molecular formula is C18H21N3O2. The number of benzene rings is 1. The molecule has 0 radical (unpaired) electrons. The number of pyridine rings is 1. The van der Waals surface area contributed by atoms with Crippen LogP contribution in [0.3, 0.4) is 0 Å². The molecule has 2 aromatic heterocycles. The third kappa shape index (κ3) is 2.75. The maximum absolute atomic E-state index is 5.98. The number of nitrogens with zero attached hydrogens (tertiary/aromatic N) is 2. The Labute approximate surface area is 135 Å². The molecule has 5 nitrogen and oxygen atoms in total. The second-order valence-electron chi connectivity index (χ2n) is 5.44. The van der Waals surface area contributed by atoms with Crippen LogP contribution in [0.15, 0.2) is 36.4 Å². The minimum absolute atomic E-state index is 0.453. The number of nitrogens with two attached hydrogens (primary N) is 1. The Morgan fingerprint density at radius 2 is 1.87 bits per heavy atom. The number of ether oxygens (including phenoxy) is 2. The summed E-state index contributed by atoms with van der Waals surface area (Å²) in [5.74, 6) is 1.44. The highest BCUT2D eigenvalue weighted by atomic mass is 16.5. The molecule has 120 valence electrons. The van der Waals surface area contributed by atoms with Gasteiger partial charge in [-0.15, -0.1) is 0 Å². The van der Waals surface area contributed by atoms with Gasteiger partial charge in [0.15, 0.2) is 11.5 Å². The van der Waals surface area contributed by atoms with E-state index >= 15 is 0 Å². The number of aryl methyl sites for hydroxylation is 1. The fraction of sp³-hybridized carbons (Fsp3) is 0.278. The summed E-state index contributed by atoms with van der Waals surface area (Å²) in [5, 5.41) is 0. The monoisotopic (exact) mass is 311 g/mol. The average Bonchev–Trinajstić information content (AvgIpc) is 2.93. The Hall–Kier alpha value is -2.53. The molecule has 0 saturated heterocycles. The van der Waals surface area contributed by atoms with Crippen molar-refractivity contribution < 1.29 is 9.47 Å². The summed E-state index contributed by atoms with van der Waals surface area (Å²) in [6.07, 6.45) is 0.702. The number of hydrogen-bond acceptors (Lipinski definition) is 4. The summed E-state index contributed by atoms with van der Waals surface area (Å²) in [7, 11) is 3.27. The van der Waals surface area contributed by atoms with Gasteiger partial charge >= 0.3 is 0 Å². The zero-order valence-corrected chi connectivity index (χ0v) is 13.7. The fourth-order valence-corrected chi connectivity index (χ4v) is 2.91. The quantitative estimate of drug-likeness (QED) is 0.787. The Balaban J connectivity index is 2.03. The van der Waals surface area contributed by atoms with Gasteiger partial charge in [-0.25, -0.2) is 4.98 Å². The molecule has 0 spiro atoms. The number of imidazole rings is 1. The number of fused-ring (bicyclic) bond motifs is 1. The highest BCUT2D eigenvalue weighted by Gasteiger charge is 2.14. The Morgan fingerprint density at radius 3 is 2.57 bits per heavy atom. The summed E-state index contributed by atoms with van der Waals surface area (Å²) in [4.78, 5) is 4.75. The lowest BCUT2D eigenvalue weighted by Gasteiger charge is -2.09. The van der Waals surface area contributed by atoms with Gasteiger partial charge in [0.05, 0.1) is 25.6 Å². The molecule has 0 aliphatic heterocycles. The van der Waals surface area contributed by atoms with E-state index in [1.807, 2.05) is 30.3 Å². The fourth-order valence-electron chi connectivity index (χ4n) is 2.91. The van der Waals surface area contributed by atoms with E-state index in [-0.39, 0.29) is 0 Å². The molecule has 5 heteroatoms. The Bertz CT molecular complexity index is 840. The van der Waals surface area contributed by atoms with Gasteiger partial charge in [0.25, 0.3) is 0 Å². The molecule has 0 atom stereocenters. The van der Waals surface area contributed by atoms with Gasteiger partial charge in [0.1, 0.15) is 5.65 Å². The van der Waals surface area contributed by atoms with Crippen molar-refractivity contribution in [1.82, 2.24) is 9.38 Å². The van der Waals surface area contributed by atoms with E-state index in [0.717, 1.165) is 39.8 Å². The molecule has 2 heterocycles. The van der Waals surface area contributed by atoms with Crippen molar-refractivity contribution >= 4 is 5.65 Å². The van der Waals surface area contributed by atoms with Gasteiger partial charge in [-0.1, -0.05) is 12.1 Å². The van der Waals surface area contributed by atoms with Gasteiger partial charge in [-0.2, -0.15) is 0 Å². The summed E-state index contributed by atoms with van der Waals surface area (Å²) >= 11 is 0. The first-order valence-corrected chi connectivity index (χ1v) is 7.54. The predicted octanol–water partition coefficient (Wildman–Crippen LogP) is 2.71. The highest BCUT2D eigenvalue weighted by molar-refractivity contribution is 5.48. The number of hydrogen-bond donors (Lipinski definition) is 1. The zero-order chi connectivity index (χ0) is 16.4. The first kappa shape index (κ1) is 15.4. The lowest BCUT2D eigenvalue weighted by Crippen LogP contribution is -2.06. The lowest BCUT2D eigenvalue weighted by molar-refractivity contribution is 0.354. The Morgan fingerprint density at radius 1 is 1.09 bits per heavy atom. The number of aromatic nitrogens is 2. The van der Waals surface area contributed by atoms with Crippen LogP contribution in [0.25, 0.3) is 5.65 Å². The molecular weight excluding hydrogens is 290 g/mol. The summed E-state index contributed by atoms with van der Waals surface area (Å²) < 4.78 is 12.8. The minimum Gasteiger partial charge on any atom is -0.493 e. The van der Waals surface area contributed by atoms with Gasteiger partial charge in [0.2, 0.25) is 0 Å². The third-order valence-corrected chi connectivity index (χ3v) is 4.03. The van der Waals surface area contributed by atoms with Crippen molar-refractivity contribution in [1.29, 1.82) is 0 Å². The predicted molar refractivity (Wildman–Crippen MR) is 90.2 cm³/mol. The molecule has 23 heavy (non-hydrogen) atoms. The van der Waals surface area contributed by atoms with Crippen molar-refractivity contribution in [3.63, 3.8) is 0 Å². The van der Waals surface area contributed by atoms with E-state index in [1.54, 1.807) is 14.2 Å². The van der Waals surface area contributed by atoms with Crippen LogP contribution in [0.5, 0.6) is 11.5 Å². The van der Waals surface area contributed by atoms with E-state index in [0.29, 0.717) is 13.0 Å². The largest absolute Gasteiger partial charge is 0.493 e. The zero-order valence-electron chi connectivity index (χ0n) is 13.7. The van der Waals surface area contributed by atoms with Crippen molar-refractivity contribution in [2.45, 2.75) is 19.9 Å². The second kappa shape index (κ2) is 6.30. The molecule has 3 rings (SSSR count). The van der Waals surface area contributed by atoms with Gasteiger partial charge in [0, 0.05) is 18.7 Å². The average molecular weight is 311 g/mol. The van der Waals surface area contributed by atoms with Gasteiger partial charge in [-0.3, -0.25) is 4.40 Å². The van der Waals surface area contributed by atoms with Crippen molar-refractivity contribution in [2.75, 3.05) is 14.2 Å². The van der Waals surface area contributed by atoms with Crippen LogP contribution in [0.1, 0.15) is 22.6 Å². The summed E-state index contributed by atoms with van der Waals surface area (Å²) in [5.41, 5.74) is 11.2. The third-order valence-electron chi connectivity index (χ3n) is 4.03. The molecule has 0 aliphatic carbocycles. The Kier molecular flexibility index (Phi) is 4.21. The molecule has 0 fully saturated rings. The smallest absolute Gasteiger partial charge is 0.160 e. The van der Waals surface area contributed by atoms with Crippen LogP contribution in [0, 0.1) is 6.92 Å². The molecule has 1 aromatic carbocycles. The van der Waals surface area contributed by atoms with Crippen LogP contribution >= 0.6 is 0 Å². The molecule has 2 N–H and O–H groups in total. The van der Waals surface area contributed by atoms with Gasteiger partial charge < -0.3 is 15.2 Å². The summed E-state index contributed by atoms with van der Waals surface area (Å²) in [6.45, 7) is 2.52. The first-order chi connectivity index (χ1) is 11.2. The van der Waals surface area contributed by atoms with Crippen LogP contribution in [0.4, 0.5) is 0 Å². The van der Waals surface area contributed by atoms with Crippen LogP contribution in [-0.4, -0.2) is 23.6 Å². The van der Waals surface area contributed by atoms with Crippen molar-refractivity contribution in [3.8, 4) is 11.5 Å². The van der Waals surface area contributed by atoms with Crippen LogP contribution in [-0.2, 0) is 13.0 Å². The SMILES string of the molecule is COc1ccc(Cc2nc3cccc(C)n3c2CN)cc1OC. The van der Waals surface area contributed by atoms with Crippen molar-refractivity contribution in [3.05, 3.63) is 59.0 Å². The number of methoxy groups -OCH3 is 2. The van der Waals surface area contributed by atoms with Crippen LogP contribution in [0.2, 0.25) is 0 Å². The topological polar surface area (TPSA) is 61.8 Å². The normalized spacial score (nSPS) is 11.0. The molecule has 0 saturated carbocycles. The molecule has 0 amide bonds. The van der Waals surface area contributed by atoms with Crippen LogP contribution < -0.4 is 15.2 Å². The lowest BCUT2D eigenvalue weighted by atomic mass is 10.1. The van der Waals surface area contributed by atoms with E-state index in [2.05, 4.69) is 17.4 Å². The number of rotatable bonds is 5. The summed E-state index contributed by atoms with van der Waals surface area (Å²) in [6, 6.07) is 12.0. The highest BCUT2D eigenvalue weighted by Crippen LogP contribution is 2.29. The minimum atomic E-state index is 0.453. The van der Waals surface area contributed by atoms with E-state index in [4.69, 9.17) is 20.2 Å². The maximum atomic E-state index is 5.98. The molecule has 0 aliphatic rings. The molecule has 0 bridgehead atoms. The molecule has 0 unspecified atom stereocenters. The first-order valence-electron chi connectivity index (χ1n) is 7.54. The van der Waals surface area contributed by atoms with E-state index < -0.39 is 0 Å². The van der Waals surface area contributed by atoms with E-state index in [1.165, 1.54) is 0 Å². The van der Waals surface area contributed by atoms with E-state index in [9.17, 15) is 0 Å².